The van der Waals surface area contributed by atoms with E-state index >= 15 is 0 Å². The van der Waals surface area contributed by atoms with Crippen LogP contribution in [-0.2, 0) is 0 Å². The van der Waals surface area contributed by atoms with Crippen molar-refractivity contribution in [1.82, 2.24) is 0 Å². The molecule has 1 aliphatic heterocycles. The Morgan fingerprint density at radius 1 is 1.53 bits per heavy atom. The Balaban J connectivity index is 2.16. The number of hydrogen-bond donors (Lipinski definition) is 2. The van der Waals surface area contributed by atoms with Gasteiger partial charge >= 0.3 is 0 Å². The summed E-state index contributed by atoms with van der Waals surface area (Å²) in [5.41, 5.74) is 6.63. The molecule has 0 radical (unpaired) electrons. The van der Waals surface area contributed by atoms with Gasteiger partial charge in [0.1, 0.15) is 10.8 Å². The Labute approximate surface area is 118 Å². The van der Waals surface area contributed by atoms with Gasteiger partial charge in [-0.15, -0.1) is 0 Å². The van der Waals surface area contributed by atoms with Crippen molar-refractivity contribution < 1.29 is 9.50 Å². The molecule has 1 aromatic rings. The van der Waals surface area contributed by atoms with Crippen LogP contribution in [0.2, 0.25) is 0 Å². The van der Waals surface area contributed by atoms with Crippen LogP contribution < -0.4 is 10.6 Å². The smallest absolute Gasteiger partial charge is 0.135 e. The lowest BCUT2D eigenvalue weighted by atomic mass is 10.1. The number of halogens is 1. The van der Waals surface area contributed by atoms with Crippen LogP contribution in [0.15, 0.2) is 18.2 Å². The molecule has 1 unspecified atom stereocenters. The van der Waals surface area contributed by atoms with E-state index < -0.39 is 0 Å². The van der Waals surface area contributed by atoms with Crippen LogP contribution in [0.3, 0.4) is 0 Å². The molecule has 19 heavy (non-hydrogen) atoms. The van der Waals surface area contributed by atoms with E-state index in [4.69, 9.17) is 23.1 Å². The number of thiocarbonyl (C=S) groups is 1. The molecular formula is C14H19FN2OS. The zero-order valence-corrected chi connectivity index (χ0v) is 11.6. The topological polar surface area (TPSA) is 49.5 Å². The fourth-order valence-electron chi connectivity index (χ4n) is 2.69. The average molecular weight is 282 g/mol. The molecule has 1 aliphatic rings. The monoisotopic (exact) mass is 282 g/mol. The molecular weight excluding hydrogens is 263 g/mol. The Bertz CT molecular complexity index is 467. The number of hydrogen-bond acceptors (Lipinski definition) is 3. The number of benzene rings is 1. The van der Waals surface area contributed by atoms with Gasteiger partial charge in [0.2, 0.25) is 0 Å². The van der Waals surface area contributed by atoms with E-state index in [9.17, 15) is 4.39 Å². The van der Waals surface area contributed by atoms with Gasteiger partial charge < -0.3 is 15.7 Å². The number of aliphatic hydroxyl groups is 1. The fourth-order valence-corrected chi connectivity index (χ4v) is 2.85. The van der Waals surface area contributed by atoms with Crippen LogP contribution >= 0.6 is 12.2 Å². The van der Waals surface area contributed by atoms with E-state index in [1.165, 1.54) is 6.07 Å². The van der Waals surface area contributed by atoms with Crippen LogP contribution in [-0.4, -0.2) is 29.3 Å². The summed E-state index contributed by atoms with van der Waals surface area (Å²) in [5, 5.41) is 8.92. The van der Waals surface area contributed by atoms with Gasteiger partial charge in [-0.1, -0.05) is 12.2 Å². The Morgan fingerprint density at radius 2 is 2.32 bits per heavy atom. The molecule has 0 spiro atoms. The molecule has 1 heterocycles. The summed E-state index contributed by atoms with van der Waals surface area (Å²) in [6.07, 6.45) is 3.93. The molecule has 3 nitrogen and oxygen atoms in total. The Kier molecular flexibility index (Phi) is 4.71. The molecule has 3 N–H and O–H groups in total. The van der Waals surface area contributed by atoms with E-state index in [0.717, 1.165) is 37.9 Å². The molecule has 0 saturated carbocycles. The molecule has 104 valence electrons. The van der Waals surface area contributed by atoms with Crippen molar-refractivity contribution in [3.63, 3.8) is 0 Å². The maximum atomic E-state index is 13.9. The molecule has 0 aromatic heterocycles. The van der Waals surface area contributed by atoms with E-state index in [1.807, 2.05) is 6.07 Å². The van der Waals surface area contributed by atoms with Crippen molar-refractivity contribution in [3.05, 3.63) is 29.6 Å². The summed E-state index contributed by atoms with van der Waals surface area (Å²) in [7, 11) is 0. The number of nitrogens with zero attached hydrogens (tertiary/aromatic N) is 1. The fraction of sp³-hybridized carbons (Fsp3) is 0.500. The summed E-state index contributed by atoms with van der Waals surface area (Å²) >= 11 is 4.80. The van der Waals surface area contributed by atoms with Gasteiger partial charge in [0, 0.05) is 30.4 Å². The van der Waals surface area contributed by atoms with Crippen molar-refractivity contribution in [2.24, 2.45) is 5.73 Å². The lowest BCUT2D eigenvalue weighted by Crippen LogP contribution is -2.29. The van der Waals surface area contributed by atoms with E-state index in [0.29, 0.717) is 11.6 Å². The quantitative estimate of drug-likeness (QED) is 0.813. The van der Waals surface area contributed by atoms with E-state index in [-0.39, 0.29) is 17.4 Å². The number of aliphatic hydroxyl groups excluding tert-OH is 1. The number of rotatable bonds is 5. The van der Waals surface area contributed by atoms with E-state index in [2.05, 4.69) is 4.90 Å². The minimum Gasteiger partial charge on any atom is -0.396 e. The molecule has 0 aliphatic carbocycles. The third-order valence-electron chi connectivity index (χ3n) is 3.62. The molecule has 1 aromatic carbocycles. The summed E-state index contributed by atoms with van der Waals surface area (Å²) in [6, 6.07) is 5.41. The molecule has 2 rings (SSSR count). The second-order valence-corrected chi connectivity index (χ2v) is 5.32. The predicted molar refractivity (Wildman–Crippen MR) is 79.0 cm³/mol. The van der Waals surface area contributed by atoms with Gasteiger partial charge in [-0.05, 0) is 43.9 Å². The second-order valence-electron chi connectivity index (χ2n) is 4.88. The van der Waals surface area contributed by atoms with Gasteiger partial charge in [0.15, 0.2) is 0 Å². The van der Waals surface area contributed by atoms with Crippen molar-refractivity contribution in [2.75, 3.05) is 18.1 Å². The third kappa shape index (κ3) is 3.22. The highest BCUT2D eigenvalue weighted by Crippen LogP contribution is 2.29. The first kappa shape index (κ1) is 14.2. The lowest BCUT2D eigenvalue weighted by molar-refractivity contribution is 0.279. The number of nitrogens with two attached hydrogens (primary N) is 1. The Morgan fingerprint density at radius 3 is 2.95 bits per heavy atom. The van der Waals surface area contributed by atoms with Crippen molar-refractivity contribution >= 4 is 22.9 Å². The summed E-state index contributed by atoms with van der Waals surface area (Å²) in [6.45, 7) is 1.14. The van der Waals surface area contributed by atoms with Crippen LogP contribution in [0.25, 0.3) is 0 Å². The van der Waals surface area contributed by atoms with Crippen molar-refractivity contribution in [2.45, 2.75) is 31.7 Å². The van der Waals surface area contributed by atoms with Gasteiger partial charge in [-0.2, -0.15) is 0 Å². The zero-order valence-electron chi connectivity index (χ0n) is 10.8. The first-order valence-corrected chi connectivity index (χ1v) is 7.01. The Hall–Kier alpha value is -1.20. The summed E-state index contributed by atoms with van der Waals surface area (Å²) < 4.78 is 13.9. The SMILES string of the molecule is NC(=S)c1ccc(N2CCCC2CCCO)cc1F. The third-order valence-corrected chi connectivity index (χ3v) is 3.84. The molecule has 1 atom stereocenters. The maximum Gasteiger partial charge on any atom is 0.135 e. The second kappa shape index (κ2) is 6.30. The van der Waals surface area contributed by atoms with E-state index in [1.54, 1.807) is 6.07 Å². The first-order valence-electron chi connectivity index (χ1n) is 6.60. The maximum absolute atomic E-state index is 13.9. The largest absolute Gasteiger partial charge is 0.396 e. The number of anilines is 1. The normalized spacial score (nSPS) is 18.8. The highest BCUT2D eigenvalue weighted by atomic mass is 32.1. The van der Waals surface area contributed by atoms with Gasteiger partial charge in [0.05, 0.1) is 0 Å². The minimum absolute atomic E-state index is 0.0855. The summed E-state index contributed by atoms with van der Waals surface area (Å²) in [4.78, 5) is 2.30. The average Bonchev–Trinajstić information content (AvgIpc) is 2.83. The van der Waals surface area contributed by atoms with Gasteiger partial charge in [-0.25, -0.2) is 4.39 Å². The molecule has 1 saturated heterocycles. The van der Waals surface area contributed by atoms with Gasteiger partial charge in [-0.3, -0.25) is 0 Å². The minimum atomic E-state index is -0.363. The predicted octanol–water partition coefficient (Wildman–Crippen LogP) is 2.20. The lowest BCUT2D eigenvalue weighted by Gasteiger charge is -2.27. The highest BCUT2D eigenvalue weighted by molar-refractivity contribution is 7.80. The van der Waals surface area contributed by atoms with Crippen LogP contribution in [0.4, 0.5) is 10.1 Å². The van der Waals surface area contributed by atoms with Crippen LogP contribution in [0, 0.1) is 5.82 Å². The molecule has 0 bridgehead atoms. The molecule has 1 fully saturated rings. The van der Waals surface area contributed by atoms with Crippen LogP contribution in [0.1, 0.15) is 31.2 Å². The molecule has 0 amide bonds. The first-order chi connectivity index (χ1) is 9.13. The van der Waals surface area contributed by atoms with Crippen molar-refractivity contribution in [3.8, 4) is 0 Å². The zero-order chi connectivity index (χ0) is 13.8. The van der Waals surface area contributed by atoms with Gasteiger partial charge in [0.25, 0.3) is 0 Å². The molecule has 5 heteroatoms. The van der Waals surface area contributed by atoms with Crippen molar-refractivity contribution in [1.29, 1.82) is 0 Å². The summed E-state index contributed by atoms with van der Waals surface area (Å²) in [5.74, 6) is -0.363. The highest BCUT2D eigenvalue weighted by Gasteiger charge is 2.24. The van der Waals surface area contributed by atoms with Crippen LogP contribution in [0.5, 0.6) is 0 Å². The standard InChI is InChI=1S/C14H19FN2OS/c15-13-9-11(5-6-12(13)14(16)19)17-7-1-3-10(17)4-2-8-18/h5-6,9-10,18H,1-4,7-8H2,(H2,16,19).